The minimum absolute atomic E-state index is 0.411. The van der Waals surface area contributed by atoms with Gasteiger partial charge in [0.05, 0.1) is 4.90 Å². The van der Waals surface area contributed by atoms with Gasteiger partial charge in [-0.3, -0.25) is 0 Å². The van der Waals surface area contributed by atoms with Crippen molar-refractivity contribution in [1.29, 1.82) is 0 Å². The third-order valence-electron chi connectivity index (χ3n) is 4.10. The van der Waals surface area contributed by atoms with Crippen molar-refractivity contribution in [3.63, 3.8) is 0 Å². The second kappa shape index (κ2) is 7.51. The zero-order valence-corrected chi connectivity index (χ0v) is 16.1. The Balaban J connectivity index is 1.76. The molecule has 1 aromatic heterocycles. The number of hydrogen-bond donors (Lipinski definition) is 1. The number of halogens is 1. The lowest BCUT2D eigenvalue weighted by Gasteiger charge is -2.06. The molecule has 0 spiro atoms. The fourth-order valence-corrected chi connectivity index (χ4v) is 3.95. The van der Waals surface area contributed by atoms with Crippen molar-refractivity contribution in [2.45, 2.75) is 16.7 Å². The molecule has 0 atom stereocenters. The van der Waals surface area contributed by atoms with Gasteiger partial charge in [-0.2, -0.15) is 0 Å². The Labute approximate surface area is 166 Å². The van der Waals surface area contributed by atoms with E-state index in [2.05, 4.69) is 11.1 Å². The van der Waals surface area contributed by atoms with Crippen LogP contribution < -0.4 is 4.74 Å². The van der Waals surface area contributed by atoms with E-state index in [1.807, 2.05) is 61.5 Å². The Hall–Kier alpha value is -2.69. The first-order valence-electron chi connectivity index (χ1n) is 8.43. The number of aromatic nitrogens is 1. The smallest absolute Gasteiger partial charge is 0.361 e. The van der Waals surface area contributed by atoms with Crippen LogP contribution in [0.1, 0.15) is 16.1 Å². The van der Waals surface area contributed by atoms with Crippen molar-refractivity contribution in [2.24, 2.45) is 0 Å². The largest absolute Gasteiger partial charge is 0.422 e. The van der Waals surface area contributed by atoms with Crippen molar-refractivity contribution in [3.05, 3.63) is 89.1 Å². The van der Waals surface area contributed by atoms with Crippen LogP contribution in [0.5, 0.6) is 5.75 Å². The maximum Gasteiger partial charge on any atom is 0.361 e. The zero-order chi connectivity index (χ0) is 18.8. The van der Waals surface area contributed by atoms with Gasteiger partial charge in [0.2, 0.25) is 0 Å². The summed E-state index contributed by atoms with van der Waals surface area (Å²) in [5.41, 5.74) is 2.47. The van der Waals surface area contributed by atoms with Crippen LogP contribution in [0.15, 0.2) is 82.6 Å². The van der Waals surface area contributed by atoms with Gasteiger partial charge < -0.3 is 9.72 Å². The van der Waals surface area contributed by atoms with Crippen LogP contribution in [-0.4, -0.2) is 11.0 Å². The van der Waals surface area contributed by atoms with E-state index in [0.29, 0.717) is 16.5 Å². The average molecular weight is 394 g/mol. The summed E-state index contributed by atoms with van der Waals surface area (Å²) in [6.07, 6.45) is 0. The molecule has 0 bridgehead atoms. The predicted molar refractivity (Wildman–Crippen MR) is 110 cm³/mol. The summed E-state index contributed by atoms with van der Waals surface area (Å²) < 4.78 is 5.55. The third kappa shape index (κ3) is 3.87. The summed E-state index contributed by atoms with van der Waals surface area (Å²) in [5.74, 6) is 0.103. The molecule has 0 saturated heterocycles. The van der Waals surface area contributed by atoms with E-state index in [9.17, 15) is 4.79 Å². The molecular weight excluding hydrogens is 378 g/mol. The van der Waals surface area contributed by atoms with E-state index < -0.39 is 5.97 Å². The van der Waals surface area contributed by atoms with E-state index in [1.54, 1.807) is 12.1 Å². The second-order valence-corrected chi connectivity index (χ2v) is 7.66. The number of aromatic amines is 1. The van der Waals surface area contributed by atoms with Crippen molar-refractivity contribution in [1.82, 2.24) is 4.98 Å². The molecule has 1 N–H and O–H groups in total. The first-order valence-corrected chi connectivity index (χ1v) is 9.62. The number of nitrogens with one attached hydrogen (secondary N) is 1. The van der Waals surface area contributed by atoms with Gasteiger partial charge in [0, 0.05) is 20.8 Å². The van der Waals surface area contributed by atoms with E-state index in [1.165, 1.54) is 11.8 Å². The molecule has 0 fully saturated rings. The Morgan fingerprint density at radius 1 is 1.00 bits per heavy atom. The van der Waals surface area contributed by atoms with Crippen LogP contribution >= 0.6 is 23.4 Å². The standard InChI is InChI=1S/C22H16ClNO2S/c1-14-7-12-19-18(13-14)21(27-17-10-8-15(23)9-11-17)20(24-19)22(25)26-16-5-3-2-4-6-16/h2-13,24H,1H3. The molecule has 3 nitrogen and oxygen atoms in total. The lowest BCUT2D eigenvalue weighted by atomic mass is 10.2. The summed E-state index contributed by atoms with van der Waals surface area (Å²) in [7, 11) is 0. The van der Waals surface area contributed by atoms with Gasteiger partial charge in [-0.05, 0) is 55.5 Å². The van der Waals surface area contributed by atoms with Crippen molar-refractivity contribution in [3.8, 4) is 5.75 Å². The number of hydrogen-bond acceptors (Lipinski definition) is 3. The lowest BCUT2D eigenvalue weighted by molar-refractivity contribution is 0.0726. The average Bonchev–Trinajstić information content (AvgIpc) is 3.02. The SMILES string of the molecule is Cc1ccc2[nH]c(C(=O)Oc3ccccc3)c(Sc3ccc(Cl)cc3)c2c1. The van der Waals surface area contributed by atoms with Crippen LogP contribution in [-0.2, 0) is 0 Å². The van der Waals surface area contributed by atoms with Gasteiger partial charge in [-0.1, -0.05) is 53.2 Å². The number of para-hydroxylation sites is 1. The van der Waals surface area contributed by atoms with Crippen LogP contribution in [0.4, 0.5) is 0 Å². The van der Waals surface area contributed by atoms with E-state index in [4.69, 9.17) is 16.3 Å². The minimum atomic E-state index is -0.411. The molecule has 4 aromatic rings. The van der Waals surface area contributed by atoms with Crippen LogP contribution in [0.25, 0.3) is 10.9 Å². The molecule has 4 rings (SSSR count). The quantitative estimate of drug-likeness (QED) is 0.318. The molecule has 0 radical (unpaired) electrons. The van der Waals surface area contributed by atoms with Gasteiger partial charge in [0.25, 0.3) is 0 Å². The minimum Gasteiger partial charge on any atom is -0.422 e. The van der Waals surface area contributed by atoms with Crippen LogP contribution in [0.2, 0.25) is 5.02 Å². The number of fused-ring (bicyclic) bond motifs is 1. The molecule has 1 heterocycles. The molecule has 0 unspecified atom stereocenters. The summed E-state index contributed by atoms with van der Waals surface area (Å²) >= 11 is 7.51. The number of H-pyrrole nitrogens is 1. The van der Waals surface area contributed by atoms with Gasteiger partial charge in [0.15, 0.2) is 0 Å². The summed E-state index contributed by atoms with van der Waals surface area (Å²) in [6.45, 7) is 2.03. The van der Waals surface area contributed by atoms with Crippen molar-refractivity contribution >= 4 is 40.2 Å². The number of benzene rings is 3. The Bertz CT molecular complexity index is 1100. The molecule has 3 aromatic carbocycles. The fourth-order valence-electron chi connectivity index (χ4n) is 2.80. The summed E-state index contributed by atoms with van der Waals surface area (Å²) in [6, 6.07) is 22.7. The van der Waals surface area contributed by atoms with Gasteiger partial charge >= 0.3 is 5.97 Å². The van der Waals surface area contributed by atoms with Crippen LogP contribution in [0.3, 0.4) is 0 Å². The third-order valence-corrected chi connectivity index (χ3v) is 5.49. The van der Waals surface area contributed by atoms with E-state index in [-0.39, 0.29) is 0 Å². The number of ether oxygens (including phenoxy) is 1. The topological polar surface area (TPSA) is 42.1 Å². The molecule has 0 amide bonds. The van der Waals surface area contributed by atoms with Gasteiger partial charge in [-0.25, -0.2) is 4.79 Å². The number of rotatable bonds is 4. The highest BCUT2D eigenvalue weighted by atomic mass is 35.5. The maximum atomic E-state index is 12.8. The second-order valence-electron chi connectivity index (χ2n) is 6.14. The normalized spacial score (nSPS) is 10.9. The highest BCUT2D eigenvalue weighted by Gasteiger charge is 2.21. The Morgan fingerprint density at radius 2 is 1.74 bits per heavy atom. The molecule has 0 saturated carbocycles. The predicted octanol–water partition coefficient (Wildman–Crippen LogP) is 6.50. The highest BCUT2D eigenvalue weighted by Crippen LogP contribution is 2.38. The molecule has 0 aliphatic heterocycles. The zero-order valence-electron chi connectivity index (χ0n) is 14.5. The molecule has 0 aliphatic carbocycles. The molecule has 0 aliphatic rings. The number of carbonyl (C=O) groups excluding carboxylic acids is 1. The maximum absolute atomic E-state index is 12.8. The number of aryl methyl sites for hydroxylation is 1. The van der Waals surface area contributed by atoms with E-state index >= 15 is 0 Å². The summed E-state index contributed by atoms with van der Waals surface area (Å²) in [4.78, 5) is 17.9. The highest BCUT2D eigenvalue weighted by molar-refractivity contribution is 7.99. The monoisotopic (exact) mass is 393 g/mol. The fraction of sp³-hybridized carbons (Fsp3) is 0.0455. The van der Waals surface area contributed by atoms with Gasteiger partial charge in [-0.15, -0.1) is 0 Å². The molecular formula is C22H16ClNO2S. The van der Waals surface area contributed by atoms with Crippen molar-refractivity contribution < 1.29 is 9.53 Å². The number of esters is 1. The Kier molecular flexibility index (Phi) is 4.92. The lowest BCUT2D eigenvalue weighted by Crippen LogP contribution is -2.09. The first-order chi connectivity index (χ1) is 13.1. The van der Waals surface area contributed by atoms with E-state index in [0.717, 1.165) is 26.3 Å². The van der Waals surface area contributed by atoms with Gasteiger partial charge in [0.1, 0.15) is 11.4 Å². The van der Waals surface area contributed by atoms with Crippen molar-refractivity contribution in [2.75, 3.05) is 0 Å². The van der Waals surface area contributed by atoms with Crippen LogP contribution in [0, 0.1) is 6.92 Å². The molecule has 27 heavy (non-hydrogen) atoms. The Morgan fingerprint density at radius 3 is 2.48 bits per heavy atom. The number of carbonyl (C=O) groups is 1. The summed E-state index contributed by atoms with van der Waals surface area (Å²) in [5, 5.41) is 1.67. The molecule has 5 heteroatoms. The molecule has 134 valence electrons. The first kappa shape index (κ1) is 17.7.